The molecule has 2 atom stereocenters. The summed E-state index contributed by atoms with van der Waals surface area (Å²) in [7, 11) is 0. The van der Waals surface area contributed by atoms with E-state index in [9.17, 15) is 14.4 Å². The number of hydrogen-bond acceptors (Lipinski definition) is 7. The fraction of sp³-hybridized carbons (Fsp3) is 0.667. The van der Waals surface area contributed by atoms with Gasteiger partial charge in [-0.2, -0.15) is 0 Å². The zero-order valence-corrected chi connectivity index (χ0v) is 21.3. The van der Waals surface area contributed by atoms with Crippen LogP contribution in [0.25, 0.3) is 0 Å². The molecule has 8 heteroatoms. The Morgan fingerprint density at radius 2 is 1.91 bits per heavy atom. The Morgan fingerprint density at radius 1 is 1.14 bits per heavy atom. The average Bonchev–Trinajstić information content (AvgIpc) is 2.81. The zero-order chi connectivity index (χ0) is 25.3. The highest BCUT2D eigenvalue weighted by Crippen LogP contribution is 2.20. The fourth-order valence-corrected chi connectivity index (χ4v) is 4.33. The normalized spacial score (nSPS) is 23.4. The van der Waals surface area contributed by atoms with Crippen LogP contribution in [0, 0.1) is 5.92 Å². The van der Waals surface area contributed by atoms with E-state index in [4.69, 9.17) is 14.2 Å². The minimum absolute atomic E-state index is 0.0436. The van der Waals surface area contributed by atoms with Crippen LogP contribution in [-0.2, 0) is 30.3 Å². The molecule has 1 amide bonds. The van der Waals surface area contributed by atoms with E-state index in [1.165, 1.54) is 0 Å². The molecule has 194 valence electrons. The summed E-state index contributed by atoms with van der Waals surface area (Å²) in [6.07, 6.45) is 2.65. The van der Waals surface area contributed by atoms with Gasteiger partial charge in [0.1, 0.15) is 23.2 Å². The molecule has 2 aliphatic heterocycles. The van der Waals surface area contributed by atoms with Gasteiger partial charge in [-0.15, -0.1) is 0 Å². The smallest absolute Gasteiger partial charge is 0.329 e. The van der Waals surface area contributed by atoms with E-state index in [0.29, 0.717) is 58.5 Å². The molecule has 1 N–H and O–H groups in total. The number of ether oxygens (including phenoxy) is 3. The first-order valence-corrected chi connectivity index (χ1v) is 12.8. The first kappa shape index (κ1) is 27.1. The van der Waals surface area contributed by atoms with E-state index in [-0.39, 0.29) is 18.1 Å². The van der Waals surface area contributed by atoms with Crippen LogP contribution in [0.15, 0.2) is 24.3 Å². The lowest BCUT2D eigenvalue weighted by atomic mass is 9.94. The summed E-state index contributed by atoms with van der Waals surface area (Å²) in [5.41, 5.74) is 0.369. The summed E-state index contributed by atoms with van der Waals surface area (Å²) < 4.78 is 16.9. The Balaban J connectivity index is 1.76. The quantitative estimate of drug-likeness (QED) is 0.651. The molecule has 8 nitrogen and oxygen atoms in total. The summed E-state index contributed by atoms with van der Waals surface area (Å²) in [4.78, 5) is 41.4. The summed E-state index contributed by atoms with van der Waals surface area (Å²) in [6, 6.07) is 6.96. The minimum atomic E-state index is -0.789. The number of Topliss-reactive ketones (excluding diaryl/α,β-unsaturated/α-hetero) is 1. The van der Waals surface area contributed by atoms with Crippen LogP contribution in [-0.4, -0.2) is 73.7 Å². The maximum Gasteiger partial charge on any atom is 0.329 e. The van der Waals surface area contributed by atoms with Gasteiger partial charge in [0.15, 0.2) is 0 Å². The van der Waals surface area contributed by atoms with Gasteiger partial charge >= 0.3 is 5.97 Å². The van der Waals surface area contributed by atoms with E-state index >= 15 is 0 Å². The van der Waals surface area contributed by atoms with Gasteiger partial charge in [0, 0.05) is 31.8 Å². The highest BCUT2D eigenvalue weighted by atomic mass is 16.6. The van der Waals surface area contributed by atoms with Crippen molar-refractivity contribution in [3.63, 3.8) is 0 Å². The van der Waals surface area contributed by atoms with Crippen LogP contribution in [0.2, 0.25) is 0 Å². The predicted molar refractivity (Wildman–Crippen MR) is 132 cm³/mol. The average molecular weight is 489 g/mol. The number of aryl methyl sites for hydroxylation is 1. The summed E-state index contributed by atoms with van der Waals surface area (Å²) >= 11 is 0. The number of esters is 1. The zero-order valence-electron chi connectivity index (χ0n) is 21.3. The highest BCUT2D eigenvalue weighted by Gasteiger charge is 2.30. The molecule has 0 unspecified atom stereocenters. The van der Waals surface area contributed by atoms with E-state index in [0.717, 1.165) is 24.4 Å². The third kappa shape index (κ3) is 9.61. The monoisotopic (exact) mass is 488 g/mol. The Labute approximate surface area is 208 Å². The Hall–Kier alpha value is -2.45. The molecular formula is C27H40N2O6. The van der Waals surface area contributed by atoms with Crippen LogP contribution in [0.1, 0.15) is 58.4 Å². The largest absolute Gasteiger partial charge is 0.494 e. The third-order valence-electron chi connectivity index (χ3n) is 6.25. The molecule has 0 radical (unpaired) electrons. The second-order valence-corrected chi connectivity index (χ2v) is 10.4. The van der Waals surface area contributed by atoms with Gasteiger partial charge in [-0.05, 0) is 70.7 Å². The standard InChI is InChI=1S/C27H40N2O6/c1-27(2,3)35-26(32)24-8-5-15-34-23-7-4-6-20(18-23)9-10-22(30)19-21(25(31)28-24)11-12-29-13-16-33-17-14-29/h4,6-7,18,21,24H,5,8-17,19H2,1-3H3,(H,28,31)/t21-,24+/m1/s1. The number of carbonyl (C=O) groups is 3. The summed E-state index contributed by atoms with van der Waals surface area (Å²) in [5.74, 6) is -0.439. The molecule has 35 heavy (non-hydrogen) atoms. The van der Waals surface area contributed by atoms with Crippen molar-refractivity contribution in [1.29, 1.82) is 0 Å². The molecule has 3 rings (SSSR count). The summed E-state index contributed by atoms with van der Waals surface area (Å²) in [6.45, 7) is 9.53. The van der Waals surface area contributed by atoms with Gasteiger partial charge in [0.05, 0.1) is 19.8 Å². The number of nitrogens with zero attached hydrogens (tertiary/aromatic N) is 1. The number of morpholine rings is 1. The maximum atomic E-state index is 13.4. The number of hydrogen-bond donors (Lipinski definition) is 1. The molecule has 0 aromatic heterocycles. The highest BCUT2D eigenvalue weighted by molar-refractivity contribution is 5.89. The lowest BCUT2D eigenvalue weighted by molar-refractivity contribution is -0.159. The SMILES string of the molecule is CC(C)(C)OC(=O)[C@@H]1CCCOc2cccc(c2)CCC(=O)C[C@@H](CCN2CCOCC2)C(=O)N1. The number of benzene rings is 1. The van der Waals surface area contributed by atoms with Crippen LogP contribution < -0.4 is 10.1 Å². The lowest BCUT2D eigenvalue weighted by Gasteiger charge is -2.29. The van der Waals surface area contributed by atoms with E-state index in [1.807, 2.05) is 24.3 Å². The molecule has 2 bridgehead atoms. The van der Waals surface area contributed by atoms with Gasteiger partial charge in [-0.3, -0.25) is 14.5 Å². The van der Waals surface area contributed by atoms with Crippen LogP contribution in [0.4, 0.5) is 0 Å². The van der Waals surface area contributed by atoms with E-state index < -0.39 is 23.5 Å². The van der Waals surface area contributed by atoms with Crippen molar-refractivity contribution in [2.75, 3.05) is 39.5 Å². The second kappa shape index (κ2) is 13.0. The van der Waals surface area contributed by atoms with Crippen molar-refractivity contribution in [1.82, 2.24) is 10.2 Å². The predicted octanol–water partition coefficient (Wildman–Crippen LogP) is 2.92. The second-order valence-electron chi connectivity index (χ2n) is 10.4. The third-order valence-corrected chi connectivity index (χ3v) is 6.25. The molecule has 0 spiro atoms. The number of carbonyl (C=O) groups excluding carboxylic acids is 3. The number of nitrogens with one attached hydrogen (secondary N) is 1. The molecule has 0 aliphatic carbocycles. The molecule has 1 saturated heterocycles. The van der Waals surface area contributed by atoms with Crippen LogP contribution in [0.5, 0.6) is 5.75 Å². The van der Waals surface area contributed by atoms with Gasteiger partial charge in [-0.1, -0.05) is 12.1 Å². The molecule has 1 aromatic carbocycles. The number of fused-ring (bicyclic) bond motifs is 2. The maximum absolute atomic E-state index is 13.4. The van der Waals surface area contributed by atoms with Crippen molar-refractivity contribution in [3.8, 4) is 5.75 Å². The number of ketones is 1. The Morgan fingerprint density at radius 3 is 2.66 bits per heavy atom. The van der Waals surface area contributed by atoms with Gasteiger partial charge in [0.2, 0.25) is 5.91 Å². The van der Waals surface area contributed by atoms with E-state index in [1.54, 1.807) is 20.8 Å². The summed E-state index contributed by atoms with van der Waals surface area (Å²) in [5, 5.41) is 2.91. The van der Waals surface area contributed by atoms with Crippen LogP contribution >= 0.6 is 0 Å². The molecular weight excluding hydrogens is 448 g/mol. The van der Waals surface area contributed by atoms with Crippen molar-refractivity contribution < 1.29 is 28.6 Å². The topological polar surface area (TPSA) is 94.2 Å². The molecule has 2 heterocycles. The first-order chi connectivity index (χ1) is 16.7. The van der Waals surface area contributed by atoms with Crippen LogP contribution in [0.3, 0.4) is 0 Å². The van der Waals surface area contributed by atoms with Gasteiger partial charge < -0.3 is 19.5 Å². The minimum Gasteiger partial charge on any atom is -0.494 e. The van der Waals surface area contributed by atoms with Gasteiger partial charge in [-0.25, -0.2) is 4.79 Å². The van der Waals surface area contributed by atoms with Gasteiger partial charge in [0.25, 0.3) is 0 Å². The Kier molecular flexibility index (Phi) is 10.1. The fourth-order valence-electron chi connectivity index (χ4n) is 4.33. The number of rotatable bonds is 4. The van der Waals surface area contributed by atoms with Crippen molar-refractivity contribution in [2.24, 2.45) is 5.92 Å². The number of amides is 1. The van der Waals surface area contributed by atoms with E-state index in [2.05, 4.69) is 10.2 Å². The Bertz CT molecular complexity index is 859. The molecule has 1 fully saturated rings. The molecule has 0 saturated carbocycles. The lowest BCUT2D eigenvalue weighted by Crippen LogP contribution is -2.47. The molecule has 1 aromatic rings. The van der Waals surface area contributed by atoms with Crippen molar-refractivity contribution in [3.05, 3.63) is 29.8 Å². The van der Waals surface area contributed by atoms with Crippen molar-refractivity contribution >= 4 is 17.7 Å². The van der Waals surface area contributed by atoms with Crippen molar-refractivity contribution in [2.45, 2.75) is 70.9 Å². The first-order valence-electron chi connectivity index (χ1n) is 12.8. The molecule has 2 aliphatic rings.